The van der Waals surface area contributed by atoms with Crippen LogP contribution in [0.15, 0.2) is 81.9 Å². The first kappa shape index (κ1) is 20.0. The number of rotatable bonds is 8. The third-order valence-electron chi connectivity index (χ3n) is 3.79. The van der Waals surface area contributed by atoms with Crippen LogP contribution in [0.1, 0.15) is 4.88 Å². The molecule has 7 heteroatoms. The van der Waals surface area contributed by atoms with Gasteiger partial charge in [0.05, 0.1) is 6.54 Å². The van der Waals surface area contributed by atoms with Crippen molar-refractivity contribution >= 4 is 40.7 Å². The summed E-state index contributed by atoms with van der Waals surface area (Å²) < 4.78 is 0. The minimum absolute atomic E-state index is 0.0186. The van der Waals surface area contributed by atoms with Gasteiger partial charge in [-0.15, -0.1) is 11.3 Å². The predicted octanol–water partition coefficient (Wildman–Crippen LogP) is 4.38. The van der Waals surface area contributed by atoms with E-state index in [-0.39, 0.29) is 12.5 Å². The summed E-state index contributed by atoms with van der Waals surface area (Å²) in [4.78, 5) is 27.2. The van der Waals surface area contributed by atoms with Crippen molar-refractivity contribution in [2.45, 2.75) is 16.2 Å². The van der Waals surface area contributed by atoms with E-state index in [2.05, 4.69) is 16.0 Å². The number of urea groups is 1. The molecule has 144 valence electrons. The van der Waals surface area contributed by atoms with Crippen LogP contribution in [0.5, 0.6) is 0 Å². The second kappa shape index (κ2) is 10.5. The zero-order valence-electron chi connectivity index (χ0n) is 15.2. The van der Waals surface area contributed by atoms with E-state index in [0.29, 0.717) is 6.54 Å². The molecule has 0 fully saturated rings. The fourth-order valence-electron chi connectivity index (χ4n) is 2.46. The third kappa shape index (κ3) is 6.44. The minimum Gasteiger partial charge on any atom is -0.375 e. The van der Waals surface area contributed by atoms with E-state index in [9.17, 15) is 9.59 Å². The van der Waals surface area contributed by atoms with Crippen LogP contribution in [-0.4, -0.2) is 25.0 Å². The van der Waals surface area contributed by atoms with Crippen LogP contribution in [0.3, 0.4) is 0 Å². The number of thiophene rings is 1. The highest BCUT2D eigenvalue weighted by Crippen LogP contribution is 2.32. The second-order valence-electron chi connectivity index (χ2n) is 5.90. The SMILES string of the molecule is O=C(CNc1ccccc1Sc1ccccc1)NC(=O)NCCc1cccs1. The number of anilines is 1. The van der Waals surface area contributed by atoms with Crippen LogP contribution in [-0.2, 0) is 11.2 Å². The largest absolute Gasteiger partial charge is 0.375 e. The van der Waals surface area contributed by atoms with Crippen LogP contribution in [0.25, 0.3) is 0 Å². The zero-order chi connectivity index (χ0) is 19.6. The molecule has 0 atom stereocenters. The summed E-state index contributed by atoms with van der Waals surface area (Å²) in [7, 11) is 0. The Morgan fingerprint density at radius 1 is 0.929 bits per heavy atom. The van der Waals surface area contributed by atoms with Gasteiger partial charge in [-0.1, -0.05) is 48.2 Å². The molecule has 0 aliphatic rings. The average Bonchev–Trinajstić information content (AvgIpc) is 3.21. The molecule has 5 nitrogen and oxygen atoms in total. The lowest BCUT2D eigenvalue weighted by molar-refractivity contribution is -0.118. The smallest absolute Gasteiger partial charge is 0.321 e. The molecule has 0 aliphatic heterocycles. The predicted molar refractivity (Wildman–Crippen MR) is 115 cm³/mol. The van der Waals surface area contributed by atoms with Gasteiger partial charge in [-0.3, -0.25) is 10.1 Å². The van der Waals surface area contributed by atoms with Crippen molar-refractivity contribution < 1.29 is 9.59 Å². The first-order valence-corrected chi connectivity index (χ1v) is 10.6. The Labute approximate surface area is 172 Å². The van der Waals surface area contributed by atoms with E-state index >= 15 is 0 Å². The maximum atomic E-state index is 12.0. The summed E-state index contributed by atoms with van der Waals surface area (Å²) >= 11 is 3.26. The molecule has 0 unspecified atom stereocenters. The van der Waals surface area contributed by atoms with E-state index < -0.39 is 6.03 Å². The van der Waals surface area contributed by atoms with E-state index in [1.807, 2.05) is 72.1 Å². The van der Waals surface area contributed by atoms with Crippen LogP contribution in [0, 0.1) is 0 Å². The van der Waals surface area contributed by atoms with Crippen molar-refractivity contribution in [2.24, 2.45) is 0 Å². The van der Waals surface area contributed by atoms with Crippen LogP contribution < -0.4 is 16.0 Å². The summed E-state index contributed by atoms with van der Waals surface area (Å²) in [6, 6.07) is 21.3. The van der Waals surface area contributed by atoms with Gasteiger partial charge < -0.3 is 10.6 Å². The number of para-hydroxylation sites is 1. The Morgan fingerprint density at radius 3 is 2.50 bits per heavy atom. The normalized spacial score (nSPS) is 10.3. The topological polar surface area (TPSA) is 70.2 Å². The Hall–Kier alpha value is -2.77. The van der Waals surface area contributed by atoms with Crippen molar-refractivity contribution in [2.75, 3.05) is 18.4 Å². The third-order valence-corrected chi connectivity index (χ3v) is 5.81. The zero-order valence-corrected chi connectivity index (χ0v) is 16.8. The number of imide groups is 1. The first-order chi connectivity index (χ1) is 13.7. The van der Waals surface area contributed by atoms with Crippen LogP contribution >= 0.6 is 23.1 Å². The van der Waals surface area contributed by atoms with Crippen molar-refractivity contribution in [3.8, 4) is 0 Å². The molecule has 0 bridgehead atoms. The first-order valence-electron chi connectivity index (χ1n) is 8.86. The lowest BCUT2D eigenvalue weighted by Gasteiger charge is -2.12. The maximum absolute atomic E-state index is 12.0. The summed E-state index contributed by atoms with van der Waals surface area (Å²) in [5, 5.41) is 10.1. The molecule has 1 heterocycles. The van der Waals surface area contributed by atoms with Gasteiger partial charge in [0.25, 0.3) is 0 Å². The van der Waals surface area contributed by atoms with E-state index in [4.69, 9.17) is 0 Å². The molecule has 3 N–H and O–H groups in total. The molecule has 0 saturated heterocycles. The van der Waals surface area contributed by atoms with Gasteiger partial charge in [0, 0.05) is 26.9 Å². The Balaban J connectivity index is 1.44. The molecular formula is C21H21N3O2S2. The van der Waals surface area contributed by atoms with Crippen LogP contribution in [0.2, 0.25) is 0 Å². The minimum atomic E-state index is -0.477. The average molecular weight is 412 g/mol. The maximum Gasteiger partial charge on any atom is 0.321 e. The Morgan fingerprint density at radius 2 is 1.71 bits per heavy atom. The standard InChI is InChI=1S/C21H21N3O2S2/c25-20(24-21(26)22-13-12-16-9-6-14-27-16)15-23-18-10-4-5-11-19(18)28-17-7-2-1-3-8-17/h1-11,14,23H,12-13,15H2,(H2,22,24,25,26). The summed E-state index contributed by atoms with van der Waals surface area (Å²) in [6.07, 6.45) is 0.752. The number of amides is 3. The van der Waals surface area contributed by atoms with Gasteiger partial charge in [0.15, 0.2) is 0 Å². The van der Waals surface area contributed by atoms with Crippen molar-refractivity contribution in [3.63, 3.8) is 0 Å². The van der Waals surface area contributed by atoms with Crippen LogP contribution in [0.4, 0.5) is 10.5 Å². The molecule has 3 rings (SSSR count). The van der Waals surface area contributed by atoms with Gasteiger partial charge in [-0.2, -0.15) is 0 Å². The van der Waals surface area contributed by atoms with E-state index in [1.54, 1.807) is 23.1 Å². The van der Waals surface area contributed by atoms with Gasteiger partial charge in [-0.05, 0) is 42.1 Å². The van der Waals surface area contributed by atoms with E-state index in [1.165, 1.54) is 4.88 Å². The lowest BCUT2D eigenvalue weighted by atomic mass is 10.3. The lowest BCUT2D eigenvalue weighted by Crippen LogP contribution is -2.42. The van der Waals surface area contributed by atoms with Crippen molar-refractivity contribution in [1.29, 1.82) is 0 Å². The second-order valence-corrected chi connectivity index (χ2v) is 8.05. The molecule has 2 aromatic carbocycles. The monoisotopic (exact) mass is 411 g/mol. The Kier molecular flexibility index (Phi) is 7.52. The fourth-order valence-corrected chi connectivity index (χ4v) is 4.11. The number of hydrogen-bond donors (Lipinski definition) is 3. The van der Waals surface area contributed by atoms with Crippen molar-refractivity contribution in [3.05, 3.63) is 77.0 Å². The highest BCUT2D eigenvalue weighted by molar-refractivity contribution is 7.99. The molecule has 3 amide bonds. The number of nitrogens with one attached hydrogen (secondary N) is 3. The quantitative estimate of drug-likeness (QED) is 0.514. The van der Waals surface area contributed by atoms with Gasteiger partial charge in [-0.25, -0.2) is 4.79 Å². The van der Waals surface area contributed by atoms with Crippen molar-refractivity contribution in [1.82, 2.24) is 10.6 Å². The molecule has 28 heavy (non-hydrogen) atoms. The highest BCUT2D eigenvalue weighted by Gasteiger charge is 2.09. The summed E-state index contributed by atoms with van der Waals surface area (Å²) in [6.45, 7) is 0.508. The van der Waals surface area contributed by atoms with Gasteiger partial charge in [0.1, 0.15) is 0 Å². The molecule has 1 aromatic heterocycles. The summed E-state index contributed by atoms with van der Waals surface area (Å²) in [5.74, 6) is -0.381. The number of carbonyl (C=O) groups is 2. The van der Waals surface area contributed by atoms with Gasteiger partial charge in [0.2, 0.25) is 5.91 Å². The molecule has 0 radical (unpaired) electrons. The molecule has 0 saturated carbocycles. The van der Waals surface area contributed by atoms with E-state index in [0.717, 1.165) is 21.9 Å². The molecule has 3 aromatic rings. The number of carbonyl (C=O) groups excluding carboxylic acids is 2. The summed E-state index contributed by atoms with van der Waals surface area (Å²) in [5.41, 5.74) is 0.851. The number of benzene rings is 2. The molecule has 0 aliphatic carbocycles. The highest BCUT2D eigenvalue weighted by atomic mass is 32.2. The number of hydrogen-bond acceptors (Lipinski definition) is 5. The molecular weight excluding hydrogens is 390 g/mol. The fraction of sp³-hybridized carbons (Fsp3) is 0.143. The van der Waals surface area contributed by atoms with Gasteiger partial charge >= 0.3 is 6.03 Å². The molecule has 0 spiro atoms. The Bertz CT molecular complexity index is 899.